The minimum absolute atomic E-state index is 0.257. The van der Waals surface area contributed by atoms with Crippen molar-refractivity contribution in [2.24, 2.45) is 0 Å². The van der Waals surface area contributed by atoms with E-state index >= 15 is 0 Å². The molecule has 2 nitrogen and oxygen atoms in total. The Bertz CT molecular complexity index is 578. The fraction of sp³-hybridized carbons (Fsp3) is 0.333. The summed E-state index contributed by atoms with van der Waals surface area (Å²) in [5.74, 6) is 0. The predicted octanol–water partition coefficient (Wildman–Crippen LogP) is 4.82. The van der Waals surface area contributed by atoms with Gasteiger partial charge in [-0.2, -0.15) is 0 Å². The molecule has 2 aromatic carbocycles. The van der Waals surface area contributed by atoms with Crippen LogP contribution in [0.3, 0.4) is 0 Å². The molecule has 21 heavy (non-hydrogen) atoms. The summed E-state index contributed by atoms with van der Waals surface area (Å²) in [6.45, 7) is 4.35. The second-order valence-corrected chi connectivity index (χ2v) is 6.09. The van der Waals surface area contributed by atoms with Gasteiger partial charge in [-0.3, -0.25) is 0 Å². The van der Waals surface area contributed by atoms with Crippen molar-refractivity contribution in [3.63, 3.8) is 0 Å². The molecule has 0 aliphatic rings. The summed E-state index contributed by atoms with van der Waals surface area (Å²) in [6.07, 6.45) is 0. The van der Waals surface area contributed by atoms with Crippen molar-refractivity contribution in [1.29, 1.82) is 0 Å². The van der Waals surface area contributed by atoms with Gasteiger partial charge in [0.1, 0.15) is 0 Å². The Morgan fingerprint density at radius 2 is 1.52 bits per heavy atom. The van der Waals surface area contributed by atoms with E-state index in [9.17, 15) is 0 Å². The van der Waals surface area contributed by atoms with Gasteiger partial charge in [0.25, 0.3) is 0 Å². The molecule has 1 N–H and O–H groups in total. The molecule has 0 amide bonds. The summed E-state index contributed by atoms with van der Waals surface area (Å²) in [4.78, 5) is 2.11. The number of nitrogens with one attached hydrogen (secondary N) is 1. The maximum Gasteiger partial charge on any atom is 0.0409 e. The molecule has 0 saturated heterocycles. The Balaban J connectivity index is 2.05. The Hall–Kier alpha value is -1.51. The molecule has 1 unspecified atom stereocenters. The Morgan fingerprint density at radius 1 is 0.905 bits per heavy atom. The molecule has 0 saturated carbocycles. The van der Waals surface area contributed by atoms with Crippen LogP contribution in [0.2, 0.25) is 5.02 Å². The SMILES string of the molecule is CC(N[C@@H](C)c1cccc(Cl)c1)c1ccc(N(C)C)cc1. The molecule has 3 heteroatoms. The number of anilines is 1. The summed E-state index contributed by atoms with van der Waals surface area (Å²) >= 11 is 6.06. The van der Waals surface area contributed by atoms with Crippen LogP contribution >= 0.6 is 11.6 Å². The number of hydrogen-bond acceptors (Lipinski definition) is 2. The first-order valence-corrected chi connectivity index (χ1v) is 7.64. The molecule has 2 atom stereocenters. The van der Waals surface area contributed by atoms with Crippen LogP contribution < -0.4 is 10.2 Å². The quantitative estimate of drug-likeness (QED) is 0.852. The molecule has 0 aromatic heterocycles. The van der Waals surface area contributed by atoms with E-state index in [0.717, 1.165) is 5.02 Å². The van der Waals surface area contributed by atoms with Gasteiger partial charge in [-0.15, -0.1) is 0 Å². The molecule has 2 aromatic rings. The van der Waals surface area contributed by atoms with Gasteiger partial charge in [0.05, 0.1) is 0 Å². The van der Waals surface area contributed by atoms with Gasteiger partial charge in [0.2, 0.25) is 0 Å². The van der Waals surface area contributed by atoms with E-state index in [0.29, 0.717) is 0 Å². The summed E-state index contributed by atoms with van der Waals surface area (Å²) < 4.78 is 0. The Kier molecular flexibility index (Phi) is 5.27. The van der Waals surface area contributed by atoms with Gasteiger partial charge in [-0.1, -0.05) is 35.9 Å². The Morgan fingerprint density at radius 3 is 2.10 bits per heavy atom. The molecular weight excluding hydrogens is 280 g/mol. The van der Waals surface area contributed by atoms with Crippen molar-refractivity contribution in [1.82, 2.24) is 5.32 Å². The molecule has 0 bridgehead atoms. The Labute approximate surface area is 132 Å². The third-order valence-corrected chi connectivity index (χ3v) is 3.99. The van der Waals surface area contributed by atoms with Crippen LogP contribution in [0.4, 0.5) is 5.69 Å². The lowest BCUT2D eigenvalue weighted by molar-refractivity contribution is 0.495. The van der Waals surface area contributed by atoms with Gasteiger partial charge >= 0.3 is 0 Å². The normalized spacial score (nSPS) is 13.8. The number of nitrogens with zero attached hydrogens (tertiary/aromatic N) is 1. The zero-order chi connectivity index (χ0) is 15.4. The van der Waals surface area contributed by atoms with Crippen LogP contribution in [-0.2, 0) is 0 Å². The monoisotopic (exact) mass is 302 g/mol. The van der Waals surface area contributed by atoms with Gasteiger partial charge in [0.15, 0.2) is 0 Å². The maximum absolute atomic E-state index is 6.06. The zero-order valence-corrected chi connectivity index (χ0v) is 13.9. The number of rotatable bonds is 5. The summed E-state index contributed by atoms with van der Waals surface area (Å²) in [5, 5.41) is 4.40. The second-order valence-electron chi connectivity index (χ2n) is 5.65. The van der Waals surface area contributed by atoms with Gasteiger partial charge < -0.3 is 10.2 Å². The van der Waals surface area contributed by atoms with Crippen LogP contribution in [0.1, 0.15) is 37.1 Å². The first kappa shape index (κ1) is 15.9. The minimum Gasteiger partial charge on any atom is -0.378 e. The lowest BCUT2D eigenvalue weighted by Crippen LogP contribution is -2.22. The van der Waals surface area contributed by atoms with Gasteiger partial charge in [-0.05, 0) is 49.2 Å². The summed E-state index contributed by atoms with van der Waals surface area (Å²) in [6, 6.07) is 17.2. The van der Waals surface area contributed by atoms with Gasteiger partial charge in [0, 0.05) is 36.9 Å². The smallest absolute Gasteiger partial charge is 0.0409 e. The molecule has 0 aliphatic carbocycles. The third-order valence-electron chi connectivity index (χ3n) is 3.76. The van der Waals surface area contributed by atoms with E-state index in [1.165, 1.54) is 16.8 Å². The fourth-order valence-corrected chi connectivity index (χ4v) is 2.60. The lowest BCUT2D eigenvalue weighted by Gasteiger charge is -2.22. The van der Waals surface area contributed by atoms with Crippen molar-refractivity contribution in [2.45, 2.75) is 25.9 Å². The van der Waals surface area contributed by atoms with E-state index in [4.69, 9.17) is 11.6 Å². The first-order valence-electron chi connectivity index (χ1n) is 7.26. The van der Waals surface area contributed by atoms with E-state index in [1.54, 1.807) is 0 Å². The van der Waals surface area contributed by atoms with E-state index in [2.05, 4.69) is 68.5 Å². The van der Waals surface area contributed by atoms with Crippen molar-refractivity contribution < 1.29 is 0 Å². The minimum atomic E-state index is 0.257. The highest BCUT2D eigenvalue weighted by atomic mass is 35.5. The third kappa shape index (κ3) is 4.23. The van der Waals surface area contributed by atoms with Crippen molar-refractivity contribution in [3.8, 4) is 0 Å². The molecule has 0 fully saturated rings. The van der Waals surface area contributed by atoms with Crippen LogP contribution in [0, 0.1) is 0 Å². The van der Waals surface area contributed by atoms with Crippen LogP contribution in [0.15, 0.2) is 48.5 Å². The predicted molar refractivity (Wildman–Crippen MR) is 92.2 cm³/mol. The molecular formula is C18H23ClN2. The zero-order valence-electron chi connectivity index (χ0n) is 13.1. The average molecular weight is 303 g/mol. The van der Waals surface area contributed by atoms with Gasteiger partial charge in [-0.25, -0.2) is 0 Å². The van der Waals surface area contributed by atoms with Crippen molar-refractivity contribution in [3.05, 3.63) is 64.7 Å². The molecule has 112 valence electrons. The topological polar surface area (TPSA) is 15.3 Å². The standard InChI is InChI=1S/C18H23ClN2/c1-13(15-8-10-18(11-9-15)21(3)4)20-14(2)16-6-5-7-17(19)12-16/h5-14,20H,1-4H3/t13?,14-/m0/s1. The van der Waals surface area contributed by atoms with Crippen molar-refractivity contribution >= 4 is 17.3 Å². The number of benzene rings is 2. The van der Waals surface area contributed by atoms with E-state index < -0.39 is 0 Å². The number of hydrogen-bond donors (Lipinski definition) is 1. The van der Waals surface area contributed by atoms with Crippen LogP contribution in [-0.4, -0.2) is 14.1 Å². The van der Waals surface area contributed by atoms with Crippen LogP contribution in [0.25, 0.3) is 0 Å². The molecule has 0 spiro atoms. The number of halogens is 1. The highest BCUT2D eigenvalue weighted by Crippen LogP contribution is 2.23. The maximum atomic E-state index is 6.06. The van der Waals surface area contributed by atoms with Crippen LogP contribution in [0.5, 0.6) is 0 Å². The molecule has 0 heterocycles. The molecule has 2 rings (SSSR count). The largest absolute Gasteiger partial charge is 0.378 e. The fourth-order valence-electron chi connectivity index (χ4n) is 2.40. The van der Waals surface area contributed by atoms with E-state index in [-0.39, 0.29) is 12.1 Å². The summed E-state index contributed by atoms with van der Waals surface area (Å²) in [7, 11) is 4.11. The van der Waals surface area contributed by atoms with Crippen molar-refractivity contribution in [2.75, 3.05) is 19.0 Å². The molecule has 0 aliphatic heterocycles. The average Bonchev–Trinajstić information content (AvgIpc) is 2.47. The highest BCUT2D eigenvalue weighted by Gasteiger charge is 2.11. The highest BCUT2D eigenvalue weighted by molar-refractivity contribution is 6.30. The summed E-state index contributed by atoms with van der Waals surface area (Å²) in [5.41, 5.74) is 3.71. The van der Waals surface area contributed by atoms with E-state index in [1.807, 2.05) is 18.2 Å². The lowest BCUT2D eigenvalue weighted by atomic mass is 10.0. The second kappa shape index (κ2) is 6.97. The first-order chi connectivity index (χ1) is 9.97. The molecule has 0 radical (unpaired) electrons.